The molecule has 0 atom stereocenters. The molecule has 118 valence electrons. The van der Waals surface area contributed by atoms with Gasteiger partial charge in [-0.15, -0.1) is 0 Å². The summed E-state index contributed by atoms with van der Waals surface area (Å²) in [5.41, 5.74) is 2.37. The summed E-state index contributed by atoms with van der Waals surface area (Å²) in [6.07, 6.45) is 0. The van der Waals surface area contributed by atoms with Gasteiger partial charge in [-0.25, -0.2) is 9.78 Å². The van der Waals surface area contributed by atoms with Crippen LogP contribution >= 0.6 is 11.3 Å². The van der Waals surface area contributed by atoms with E-state index < -0.39 is 5.97 Å². The van der Waals surface area contributed by atoms with Gasteiger partial charge in [0.15, 0.2) is 10.8 Å². The van der Waals surface area contributed by atoms with Crippen LogP contribution in [0.5, 0.6) is 0 Å². The Hall–Kier alpha value is -2.74. The van der Waals surface area contributed by atoms with Gasteiger partial charge in [-0.05, 0) is 31.2 Å². The van der Waals surface area contributed by atoms with Crippen LogP contribution in [0.3, 0.4) is 0 Å². The molecule has 0 aliphatic carbocycles. The van der Waals surface area contributed by atoms with Gasteiger partial charge in [0.25, 0.3) is 5.91 Å². The fourth-order valence-electron chi connectivity index (χ4n) is 2.06. The highest BCUT2D eigenvalue weighted by Crippen LogP contribution is 2.27. The van der Waals surface area contributed by atoms with Crippen LogP contribution in [0.1, 0.15) is 26.5 Å². The molecule has 1 N–H and O–H groups in total. The quantitative estimate of drug-likeness (QED) is 0.745. The van der Waals surface area contributed by atoms with Gasteiger partial charge in [0.05, 0.1) is 22.9 Å². The topological polar surface area (TPSA) is 86.1 Å². The largest absolute Gasteiger partial charge is 0.465 e. The van der Waals surface area contributed by atoms with Gasteiger partial charge in [0, 0.05) is 12.7 Å². The molecule has 1 aromatic carbocycles. The van der Waals surface area contributed by atoms with Gasteiger partial charge < -0.3 is 4.74 Å². The average Bonchev–Trinajstić information content (AvgIpc) is 3.08. The number of nitrogens with zero attached hydrogens (tertiary/aromatic N) is 3. The van der Waals surface area contributed by atoms with E-state index in [0.29, 0.717) is 21.9 Å². The van der Waals surface area contributed by atoms with Crippen molar-refractivity contribution in [3.8, 4) is 0 Å². The Morgan fingerprint density at radius 2 is 2.09 bits per heavy atom. The van der Waals surface area contributed by atoms with Crippen LogP contribution in [0.2, 0.25) is 0 Å². The smallest absolute Gasteiger partial charge is 0.337 e. The second-order valence-corrected chi connectivity index (χ2v) is 5.97. The number of anilines is 1. The molecule has 2 heterocycles. The zero-order valence-corrected chi connectivity index (χ0v) is 13.6. The van der Waals surface area contributed by atoms with Crippen LogP contribution in [0.4, 0.5) is 5.13 Å². The lowest BCUT2D eigenvalue weighted by Gasteiger charge is -1.97. The molecule has 2 aromatic heterocycles. The highest BCUT2D eigenvalue weighted by atomic mass is 32.1. The van der Waals surface area contributed by atoms with E-state index in [1.807, 2.05) is 6.92 Å². The number of hydrogen-bond acceptors (Lipinski definition) is 6. The van der Waals surface area contributed by atoms with Crippen LogP contribution in [0.25, 0.3) is 10.2 Å². The van der Waals surface area contributed by atoms with Crippen LogP contribution in [0.15, 0.2) is 24.3 Å². The predicted octanol–water partition coefficient (Wildman–Crippen LogP) is 2.38. The van der Waals surface area contributed by atoms with Crippen LogP contribution in [-0.4, -0.2) is 33.8 Å². The summed E-state index contributed by atoms with van der Waals surface area (Å²) in [6.45, 7) is 1.87. The minimum Gasteiger partial charge on any atom is -0.465 e. The van der Waals surface area contributed by atoms with Gasteiger partial charge in [0.2, 0.25) is 0 Å². The molecule has 0 saturated heterocycles. The maximum absolute atomic E-state index is 12.2. The van der Waals surface area contributed by atoms with E-state index >= 15 is 0 Å². The van der Waals surface area contributed by atoms with E-state index in [1.54, 1.807) is 36.0 Å². The number of esters is 1. The molecule has 0 radical (unpaired) electrons. The Bertz CT molecular complexity index is 893. The fourth-order valence-corrected chi connectivity index (χ4v) is 2.96. The summed E-state index contributed by atoms with van der Waals surface area (Å²) in [5, 5.41) is 7.31. The lowest BCUT2D eigenvalue weighted by molar-refractivity contribution is 0.0601. The van der Waals surface area contributed by atoms with E-state index in [1.165, 1.54) is 18.4 Å². The number of carbonyl (C=O) groups excluding carboxylic acids is 2. The number of hydrogen-bond donors (Lipinski definition) is 1. The zero-order valence-electron chi connectivity index (χ0n) is 12.8. The molecule has 0 unspecified atom stereocenters. The van der Waals surface area contributed by atoms with Gasteiger partial charge in [0.1, 0.15) is 0 Å². The number of rotatable bonds is 3. The Morgan fingerprint density at radius 1 is 1.30 bits per heavy atom. The third kappa shape index (κ3) is 2.93. The summed E-state index contributed by atoms with van der Waals surface area (Å²) in [4.78, 5) is 28.1. The van der Waals surface area contributed by atoms with Crippen molar-refractivity contribution in [2.45, 2.75) is 6.92 Å². The van der Waals surface area contributed by atoms with Crippen molar-refractivity contribution in [3.63, 3.8) is 0 Å². The molecule has 8 heteroatoms. The normalized spacial score (nSPS) is 10.7. The van der Waals surface area contributed by atoms with E-state index in [9.17, 15) is 9.59 Å². The number of nitrogens with one attached hydrogen (secondary N) is 1. The highest BCUT2D eigenvalue weighted by molar-refractivity contribution is 7.22. The number of aromatic nitrogens is 3. The monoisotopic (exact) mass is 330 g/mol. The molecule has 0 aliphatic rings. The van der Waals surface area contributed by atoms with Crippen molar-refractivity contribution in [1.82, 2.24) is 14.8 Å². The molecule has 0 fully saturated rings. The number of amides is 1. The number of fused-ring (bicyclic) bond motifs is 1. The Labute approximate surface area is 135 Å². The summed E-state index contributed by atoms with van der Waals surface area (Å²) >= 11 is 1.29. The first kappa shape index (κ1) is 15.2. The Balaban J connectivity index is 1.85. The zero-order chi connectivity index (χ0) is 16.6. The Morgan fingerprint density at radius 3 is 2.74 bits per heavy atom. The van der Waals surface area contributed by atoms with E-state index in [4.69, 9.17) is 4.74 Å². The molecule has 3 rings (SSSR count). The maximum Gasteiger partial charge on any atom is 0.337 e. The number of aryl methyl sites for hydroxylation is 2. The second kappa shape index (κ2) is 5.81. The van der Waals surface area contributed by atoms with E-state index in [0.717, 1.165) is 10.4 Å². The number of ether oxygens (including phenoxy) is 1. The number of benzene rings is 1. The first-order valence-corrected chi connectivity index (χ1v) is 7.60. The number of methoxy groups -OCH3 is 1. The molecular weight excluding hydrogens is 316 g/mol. The lowest BCUT2D eigenvalue weighted by atomic mass is 10.2. The first-order valence-electron chi connectivity index (χ1n) is 6.79. The first-order chi connectivity index (χ1) is 11.0. The molecule has 3 aromatic rings. The minimum absolute atomic E-state index is 0.319. The van der Waals surface area contributed by atoms with Gasteiger partial charge in [-0.2, -0.15) is 5.10 Å². The van der Waals surface area contributed by atoms with Crippen molar-refractivity contribution in [1.29, 1.82) is 0 Å². The Kier molecular flexibility index (Phi) is 3.83. The summed E-state index contributed by atoms with van der Waals surface area (Å²) in [5.74, 6) is -0.726. The SMILES string of the molecule is COC(=O)c1ccc2nc(NC(=O)c3cc(C)n(C)n3)sc2c1. The van der Waals surface area contributed by atoms with E-state index in [2.05, 4.69) is 15.4 Å². The summed E-state index contributed by atoms with van der Waals surface area (Å²) in [6, 6.07) is 6.76. The van der Waals surface area contributed by atoms with Crippen molar-refractivity contribution in [2.75, 3.05) is 12.4 Å². The third-order valence-electron chi connectivity index (χ3n) is 3.38. The van der Waals surface area contributed by atoms with Crippen molar-refractivity contribution >= 4 is 38.6 Å². The predicted molar refractivity (Wildman–Crippen MR) is 86.9 cm³/mol. The molecule has 0 bridgehead atoms. The van der Waals surface area contributed by atoms with Crippen LogP contribution in [0, 0.1) is 6.92 Å². The van der Waals surface area contributed by atoms with Crippen LogP contribution < -0.4 is 5.32 Å². The molecule has 0 spiro atoms. The van der Waals surface area contributed by atoms with Crippen molar-refractivity contribution in [2.24, 2.45) is 7.05 Å². The standard InChI is InChI=1S/C15H14N4O3S/c1-8-6-11(18-19(8)2)13(20)17-15-16-10-5-4-9(14(21)22-3)7-12(10)23-15/h4-7H,1-3H3,(H,16,17,20). The minimum atomic E-state index is -0.408. The third-order valence-corrected chi connectivity index (χ3v) is 4.31. The van der Waals surface area contributed by atoms with Crippen molar-refractivity contribution in [3.05, 3.63) is 41.2 Å². The van der Waals surface area contributed by atoms with Crippen LogP contribution in [-0.2, 0) is 11.8 Å². The van der Waals surface area contributed by atoms with Gasteiger partial charge in [-0.1, -0.05) is 11.3 Å². The summed E-state index contributed by atoms with van der Waals surface area (Å²) in [7, 11) is 3.11. The van der Waals surface area contributed by atoms with Gasteiger partial charge in [-0.3, -0.25) is 14.8 Å². The lowest BCUT2D eigenvalue weighted by Crippen LogP contribution is -2.12. The van der Waals surface area contributed by atoms with Crippen molar-refractivity contribution < 1.29 is 14.3 Å². The summed E-state index contributed by atoms with van der Waals surface area (Å²) < 4.78 is 7.12. The fraction of sp³-hybridized carbons (Fsp3) is 0.200. The highest BCUT2D eigenvalue weighted by Gasteiger charge is 2.14. The number of carbonyl (C=O) groups is 2. The maximum atomic E-state index is 12.2. The average molecular weight is 330 g/mol. The number of thiazole rings is 1. The molecular formula is C15H14N4O3S. The molecule has 0 aliphatic heterocycles. The molecule has 7 nitrogen and oxygen atoms in total. The van der Waals surface area contributed by atoms with Gasteiger partial charge >= 0.3 is 5.97 Å². The van der Waals surface area contributed by atoms with E-state index in [-0.39, 0.29) is 5.91 Å². The molecule has 23 heavy (non-hydrogen) atoms. The molecule has 1 amide bonds. The molecule has 0 saturated carbocycles. The second-order valence-electron chi connectivity index (χ2n) is 4.94.